The van der Waals surface area contributed by atoms with Gasteiger partial charge in [-0.1, -0.05) is 51.3 Å². The second-order valence-electron chi connectivity index (χ2n) is 11.1. The molecule has 0 aromatic heterocycles. The average Bonchev–Trinajstić information content (AvgIpc) is 2.99. The molecule has 2 heterocycles. The number of hydrogen-bond donors (Lipinski definition) is 1. The third-order valence-corrected chi connectivity index (χ3v) is 8.41. The summed E-state index contributed by atoms with van der Waals surface area (Å²) in [6.07, 6.45) is 7.78. The van der Waals surface area contributed by atoms with Gasteiger partial charge in [0.1, 0.15) is 5.75 Å². The van der Waals surface area contributed by atoms with Crippen LogP contribution in [-0.4, -0.2) is 78.2 Å². The predicted molar refractivity (Wildman–Crippen MR) is 160 cm³/mol. The summed E-state index contributed by atoms with van der Waals surface area (Å²) in [5.74, 6) is 1.02. The Labute approximate surface area is 240 Å². The fraction of sp³-hybridized carbons (Fsp3) is 0.576. The van der Waals surface area contributed by atoms with Gasteiger partial charge in [0.25, 0.3) is 5.91 Å². The predicted octanol–water partition coefficient (Wildman–Crippen LogP) is 5.30. The first kappa shape index (κ1) is 30.1. The first-order chi connectivity index (χ1) is 19.5. The van der Waals surface area contributed by atoms with Crippen LogP contribution in [0.25, 0.3) is 0 Å². The molecule has 1 unspecified atom stereocenters. The molecule has 7 heteroatoms. The Morgan fingerprint density at radius 3 is 2.40 bits per heavy atom. The minimum atomic E-state index is -0.236. The number of carbonyl (C=O) groups is 2. The lowest BCUT2D eigenvalue weighted by Crippen LogP contribution is -2.50. The van der Waals surface area contributed by atoms with Crippen molar-refractivity contribution < 1.29 is 19.4 Å². The Bertz CT molecular complexity index is 1080. The van der Waals surface area contributed by atoms with Gasteiger partial charge in [-0.2, -0.15) is 0 Å². The molecular formula is C33H47N3O4. The van der Waals surface area contributed by atoms with E-state index in [0.717, 1.165) is 82.4 Å². The van der Waals surface area contributed by atoms with E-state index < -0.39 is 0 Å². The van der Waals surface area contributed by atoms with E-state index in [2.05, 4.69) is 24.8 Å². The molecule has 1 atom stereocenters. The number of hydrogen-bond acceptors (Lipinski definition) is 5. The molecule has 2 aromatic carbocycles. The highest BCUT2D eigenvalue weighted by Gasteiger charge is 2.33. The van der Waals surface area contributed by atoms with Crippen LogP contribution in [0.15, 0.2) is 48.5 Å². The molecule has 40 heavy (non-hydrogen) atoms. The number of para-hydroxylation sites is 1. The van der Waals surface area contributed by atoms with Crippen LogP contribution in [0.3, 0.4) is 0 Å². The van der Waals surface area contributed by atoms with E-state index >= 15 is 0 Å². The van der Waals surface area contributed by atoms with Crippen molar-refractivity contribution in [3.05, 3.63) is 59.7 Å². The zero-order chi connectivity index (χ0) is 28.3. The molecule has 4 rings (SSSR count). The number of aryl methyl sites for hydroxylation is 1. The highest BCUT2D eigenvalue weighted by atomic mass is 16.5. The van der Waals surface area contributed by atoms with Gasteiger partial charge in [-0.05, 0) is 81.1 Å². The fourth-order valence-electron chi connectivity index (χ4n) is 5.95. The number of ether oxygens (including phenoxy) is 1. The van der Waals surface area contributed by atoms with Crippen LogP contribution in [0.5, 0.6) is 5.75 Å². The summed E-state index contributed by atoms with van der Waals surface area (Å²) in [5.41, 5.74) is 2.96. The Kier molecular flexibility index (Phi) is 11.4. The SMILES string of the molecule is CCN(CC)CC(O)CCCCCCOc1ccc(C(=O)N2CCC(N3C(=O)CCc4ccccc43)CC2)cc1. The van der Waals surface area contributed by atoms with Crippen LogP contribution >= 0.6 is 0 Å². The number of likely N-dealkylation sites (N-methyl/N-ethyl adjacent to an activating group) is 1. The highest BCUT2D eigenvalue weighted by Crippen LogP contribution is 2.32. The number of aliphatic hydroxyl groups excluding tert-OH is 1. The number of amides is 2. The van der Waals surface area contributed by atoms with Gasteiger partial charge in [0.2, 0.25) is 5.91 Å². The Balaban J connectivity index is 1.14. The highest BCUT2D eigenvalue weighted by molar-refractivity contribution is 5.97. The lowest BCUT2D eigenvalue weighted by Gasteiger charge is -2.41. The van der Waals surface area contributed by atoms with E-state index in [4.69, 9.17) is 4.74 Å². The largest absolute Gasteiger partial charge is 0.494 e. The number of piperidine rings is 1. The second-order valence-corrected chi connectivity index (χ2v) is 11.1. The average molecular weight is 550 g/mol. The molecule has 218 valence electrons. The van der Waals surface area contributed by atoms with Crippen LogP contribution in [0.1, 0.15) is 81.1 Å². The summed E-state index contributed by atoms with van der Waals surface area (Å²) in [7, 11) is 0. The maximum atomic E-state index is 13.1. The molecule has 0 bridgehead atoms. The molecule has 0 spiro atoms. The zero-order valence-corrected chi connectivity index (χ0v) is 24.4. The molecule has 2 aliphatic heterocycles. The third-order valence-electron chi connectivity index (χ3n) is 8.41. The number of aliphatic hydroxyl groups is 1. The molecule has 0 radical (unpaired) electrons. The monoisotopic (exact) mass is 549 g/mol. The number of fused-ring (bicyclic) bond motifs is 1. The van der Waals surface area contributed by atoms with E-state index in [-0.39, 0.29) is 24.0 Å². The molecule has 2 aromatic rings. The molecule has 2 amide bonds. The molecule has 1 saturated heterocycles. The van der Waals surface area contributed by atoms with Gasteiger partial charge >= 0.3 is 0 Å². The summed E-state index contributed by atoms with van der Waals surface area (Å²) in [5, 5.41) is 10.2. The van der Waals surface area contributed by atoms with Gasteiger partial charge in [0.05, 0.1) is 12.7 Å². The normalized spacial score (nSPS) is 16.8. The van der Waals surface area contributed by atoms with Gasteiger partial charge in [-0.25, -0.2) is 0 Å². The zero-order valence-electron chi connectivity index (χ0n) is 24.4. The first-order valence-corrected chi connectivity index (χ1v) is 15.3. The van der Waals surface area contributed by atoms with Gasteiger partial charge in [0, 0.05) is 43.3 Å². The summed E-state index contributed by atoms with van der Waals surface area (Å²) < 4.78 is 5.90. The topological polar surface area (TPSA) is 73.3 Å². The van der Waals surface area contributed by atoms with Crippen molar-refractivity contribution >= 4 is 17.5 Å². The van der Waals surface area contributed by atoms with Crippen LogP contribution in [0.4, 0.5) is 5.69 Å². The maximum absolute atomic E-state index is 13.1. The van der Waals surface area contributed by atoms with Crippen LogP contribution in [-0.2, 0) is 11.2 Å². The number of carbonyl (C=O) groups excluding carboxylic acids is 2. The summed E-state index contributed by atoms with van der Waals surface area (Å²) in [4.78, 5) is 32.1. The van der Waals surface area contributed by atoms with Crippen LogP contribution in [0, 0.1) is 0 Å². The maximum Gasteiger partial charge on any atom is 0.253 e. The molecule has 0 saturated carbocycles. The van der Waals surface area contributed by atoms with Crippen molar-refractivity contribution in [2.75, 3.05) is 44.2 Å². The van der Waals surface area contributed by atoms with Crippen molar-refractivity contribution in [1.82, 2.24) is 9.80 Å². The molecule has 1 N–H and O–H groups in total. The van der Waals surface area contributed by atoms with Crippen molar-refractivity contribution in [2.24, 2.45) is 0 Å². The van der Waals surface area contributed by atoms with Gasteiger partial charge in [0.15, 0.2) is 0 Å². The standard InChI is InChI=1S/C33H47N3O4/c1-3-34(4-2)25-29(37)12-7-5-6-10-24-40-30-17-14-27(15-18-30)33(39)35-22-20-28(21-23-35)36-31-13-9-8-11-26(31)16-19-32(36)38/h8-9,11,13-15,17-18,28-29,37H,3-7,10,12,16,19-25H2,1-2H3. The Morgan fingerprint density at radius 1 is 0.975 bits per heavy atom. The summed E-state index contributed by atoms with van der Waals surface area (Å²) in [6.45, 7) is 8.95. The number of benzene rings is 2. The quantitative estimate of drug-likeness (QED) is 0.324. The molecule has 2 aliphatic rings. The Morgan fingerprint density at radius 2 is 1.68 bits per heavy atom. The van der Waals surface area contributed by atoms with E-state index in [0.29, 0.717) is 31.7 Å². The third kappa shape index (κ3) is 8.07. The number of anilines is 1. The minimum absolute atomic E-state index is 0.0403. The fourth-order valence-corrected chi connectivity index (χ4v) is 5.95. The van der Waals surface area contributed by atoms with Crippen molar-refractivity contribution in [2.45, 2.75) is 83.8 Å². The summed E-state index contributed by atoms with van der Waals surface area (Å²) in [6, 6.07) is 15.8. The Hall–Kier alpha value is -2.90. The number of rotatable bonds is 14. The van der Waals surface area contributed by atoms with E-state index in [9.17, 15) is 14.7 Å². The van der Waals surface area contributed by atoms with Gasteiger partial charge < -0.3 is 24.5 Å². The van der Waals surface area contributed by atoms with Crippen molar-refractivity contribution in [3.8, 4) is 5.75 Å². The van der Waals surface area contributed by atoms with Gasteiger partial charge in [-0.15, -0.1) is 0 Å². The van der Waals surface area contributed by atoms with Crippen LogP contribution in [0.2, 0.25) is 0 Å². The number of nitrogens with zero attached hydrogens (tertiary/aromatic N) is 3. The van der Waals surface area contributed by atoms with E-state index in [1.807, 2.05) is 52.3 Å². The lowest BCUT2D eigenvalue weighted by molar-refractivity contribution is -0.119. The van der Waals surface area contributed by atoms with E-state index in [1.54, 1.807) is 0 Å². The molecule has 1 fully saturated rings. The van der Waals surface area contributed by atoms with E-state index in [1.165, 1.54) is 5.56 Å². The molecule has 7 nitrogen and oxygen atoms in total. The minimum Gasteiger partial charge on any atom is -0.494 e. The van der Waals surface area contributed by atoms with Crippen LogP contribution < -0.4 is 9.64 Å². The smallest absolute Gasteiger partial charge is 0.253 e. The summed E-state index contributed by atoms with van der Waals surface area (Å²) >= 11 is 0. The number of likely N-dealkylation sites (tertiary alicyclic amines) is 1. The lowest BCUT2D eigenvalue weighted by atomic mass is 9.95. The number of unbranched alkanes of at least 4 members (excludes halogenated alkanes) is 3. The van der Waals surface area contributed by atoms with Gasteiger partial charge in [-0.3, -0.25) is 9.59 Å². The molecule has 0 aliphatic carbocycles. The van der Waals surface area contributed by atoms with Crippen molar-refractivity contribution in [1.29, 1.82) is 0 Å². The first-order valence-electron chi connectivity index (χ1n) is 15.3. The second kappa shape index (κ2) is 15.2. The van der Waals surface area contributed by atoms with Crippen molar-refractivity contribution in [3.63, 3.8) is 0 Å². The molecular weight excluding hydrogens is 502 g/mol.